The Labute approximate surface area is 221 Å². The number of anilines is 1. The van der Waals surface area contributed by atoms with Crippen LogP contribution in [0, 0.1) is 6.92 Å². The molecule has 3 aliphatic rings. The lowest BCUT2D eigenvalue weighted by atomic mass is 9.94. The number of aromatic nitrogens is 1. The first-order chi connectivity index (χ1) is 18.4. The lowest BCUT2D eigenvalue weighted by Gasteiger charge is -2.25. The van der Waals surface area contributed by atoms with Crippen LogP contribution in [0.4, 0.5) is 5.69 Å². The lowest BCUT2D eigenvalue weighted by molar-refractivity contribution is -0.139. The molecule has 3 aliphatic heterocycles. The second-order valence-electron chi connectivity index (χ2n) is 9.22. The van der Waals surface area contributed by atoms with Crippen LogP contribution in [0.25, 0.3) is 5.57 Å². The van der Waals surface area contributed by atoms with E-state index in [0.29, 0.717) is 56.4 Å². The Morgan fingerprint density at radius 2 is 1.97 bits per heavy atom. The molecular formula is C28H25N3O6S. The molecule has 1 aromatic heterocycles. The molecule has 0 radical (unpaired) electrons. The van der Waals surface area contributed by atoms with E-state index in [-0.39, 0.29) is 23.8 Å². The fourth-order valence-electron chi connectivity index (χ4n) is 5.08. The number of carbonyl (C=O) groups is 2. The van der Waals surface area contributed by atoms with E-state index in [9.17, 15) is 14.4 Å². The van der Waals surface area contributed by atoms with Crippen LogP contribution in [0.15, 0.2) is 57.5 Å². The summed E-state index contributed by atoms with van der Waals surface area (Å²) in [4.78, 5) is 45.8. The number of benzene rings is 2. The highest BCUT2D eigenvalue weighted by molar-refractivity contribution is 7.07. The second-order valence-corrected chi connectivity index (χ2v) is 10.2. The van der Waals surface area contributed by atoms with Gasteiger partial charge in [0.1, 0.15) is 4.53 Å². The van der Waals surface area contributed by atoms with Gasteiger partial charge in [-0.05, 0) is 50.1 Å². The van der Waals surface area contributed by atoms with Crippen molar-refractivity contribution in [3.05, 3.63) is 84.0 Å². The summed E-state index contributed by atoms with van der Waals surface area (Å²) in [5, 5.41) is 2.86. The first-order valence-electron chi connectivity index (χ1n) is 12.5. The standard InChI is InChI=1S/C28H25N3O6S/c1-4-6-18-22(27(34)35-5-2)23(15-8-10-19-20(12-15)37-13-36-19)31-26(33)24(38-28(31)30-18)21-16-11-14(3)7-9-17(16)29-25(21)32/h7-12,23H,4-6,13H2,1-3H3,(H,29,32)/b24-21-/t23-/m0/s1. The monoisotopic (exact) mass is 531 g/mol. The molecular weight excluding hydrogens is 506 g/mol. The Balaban J connectivity index is 1.66. The maximum Gasteiger partial charge on any atom is 0.338 e. The highest BCUT2D eigenvalue weighted by Gasteiger charge is 2.36. The summed E-state index contributed by atoms with van der Waals surface area (Å²) in [6.45, 7) is 5.95. The van der Waals surface area contributed by atoms with Gasteiger partial charge >= 0.3 is 5.97 Å². The van der Waals surface area contributed by atoms with Crippen LogP contribution >= 0.6 is 11.3 Å². The summed E-state index contributed by atoms with van der Waals surface area (Å²) >= 11 is 1.16. The van der Waals surface area contributed by atoms with Crippen molar-refractivity contribution in [2.45, 2.75) is 39.7 Å². The number of hydrogen-bond donors (Lipinski definition) is 1. The Morgan fingerprint density at radius 1 is 1.16 bits per heavy atom. The van der Waals surface area contributed by atoms with Crippen LogP contribution in [0.3, 0.4) is 0 Å². The second kappa shape index (κ2) is 9.29. The van der Waals surface area contributed by atoms with Gasteiger partial charge in [0.05, 0.1) is 29.5 Å². The minimum Gasteiger partial charge on any atom is -0.463 e. The number of nitrogens with one attached hydrogen (secondary N) is 1. The van der Waals surface area contributed by atoms with Crippen LogP contribution < -0.4 is 29.7 Å². The smallest absolute Gasteiger partial charge is 0.338 e. The van der Waals surface area contributed by atoms with Crippen molar-refractivity contribution in [1.29, 1.82) is 0 Å². The Morgan fingerprint density at radius 3 is 2.76 bits per heavy atom. The number of aryl methyl sites for hydroxylation is 1. The van der Waals surface area contributed by atoms with Crippen molar-refractivity contribution in [3.8, 4) is 11.5 Å². The number of carbonyl (C=O) groups excluding carboxylic acids is 2. The molecule has 0 bridgehead atoms. The number of hydrogen-bond acceptors (Lipinski definition) is 8. The van der Waals surface area contributed by atoms with Gasteiger partial charge in [0.25, 0.3) is 11.5 Å². The van der Waals surface area contributed by atoms with Crippen molar-refractivity contribution in [3.63, 3.8) is 0 Å². The molecule has 1 N–H and O–H groups in total. The maximum absolute atomic E-state index is 14.1. The third-order valence-corrected chi connectivity index (χ3v) is 7.78. The fourth-order valence-corrected chi connectivity index (χ4v) is 6.19. The van der Waals surface area contributed by atoms with Gasteiger partial charge in [-0.2, -0.15) is 0 Å². The van der Waals surface area contributed by atoms with Gasteiger partial charge < -0.3 is 19.5 Å². The number of amides is 1. The zero-order chi connectivity index (χ0) is 26.6. The summed E-state index contributed by atoms with van der Waals surface area (Å²) in [5.74, 6) is 0.256. The summed E-state index contributed by atoms with van der Waals surface area (Å²) < 4.78 is 18.3. The van der Waals surface area contributed by atoms with Crippen LogP contribution in [-0.4, -0.2) is 29.8 Å². The van der Waals surface area contributed by atoms with Crippen molar-refractivity contribution in [1.82, 2.24) is 4.57 Å². The Bertz CT molecular complexity index is 1730. The van der Waals surface area contributed by atoms with E-state index >= 15 is 0 Å². The predicted molar refractivity (Wildman–Crippen MR) is 141 cm³/mol. The van der Waals surface area contributed by atoms with Gasteiger partial charge in [-0.1, -0.05) is 42.4 Å². The topological polar surface area (TPSA) is 108 Å². The number of allylic oxidation sites excluding steroid dienone is 1. The van der Waals surface area contributed by atoms with E-state index in [1.54, 1.807) is 19.1 Å². The molecule has 6 rings (SSSR count). The van der Waals surface area contributed by atoms with Crippen LogP contribution in [0.2, 0.25) is 0 Å². The number of thiazole rings is 1. The van der Waals surface area contributed by atoms with Crippen LogP contribution in [0.1, 0.15) is 49.4 Å². The minimum atomic E-state index is -0.808. The van der Waals surface area contributed by atoms with Gasteiger partial charge in [-0.3, -0.25) is 14.2 Å². The van der Waals surface area contributed by atoms with E-state index in [4.69, 9.17) is 19.2 Å². The SMILES string of the molecule is CCCC1=C(C(=O)OCC)[C@H](c2ccc3c(c2)OCO3)n2c(s/c(=C3\C(=O)Nc4ccc(C)cc43)c2=O)=N1. The molecule has 3 aromatic rings. The molecule has 9 nitrogen and oxygen atoms in total. The maximum atomic E-state index is 14.1. The Kier molecular flexibility index (Phi) is 5.91. The summed E-state index contributed by atoms with van der Waals surface area (Å²) in [7, 11) is 0. The van der Waals surface area contributed by atoms with Gasteiger partial charge in [0.2, 0.25) is 6.79 Å². The molecule has 2 aromatic carbocycles. The molecule has 4 heterocycles. The summed E-state index contributed by atoms with van der Waals surface area (Å²) in [6, 6.07) is 10.2. The Hall–Kier alpha value is -4.18. The number of nitrogens with zero attached hydrogens (tertiary/aromatic N) is 2. The first kappa shape index (κ1) is 24.2. The van der Waals surface area contributed by atoms with E-state index < -0.39 is 17.6 Å². The normalized spacial score (nSPS) is 18.6. The molecule has 0 saturated heterocycles. The van der Waals surface area contributed by atoms with Gasteiger partial charge in [-0.25, -0.2) is 9.79 Å². The fraction of sp³-hybridized carbons (Fsp3) is 0.286. The van der Waals surface area contributed by atoms with Crippen molar-refractivity contribution >= 4 is 34.5 Å². The third kappa shape index (κ3) is 3.75. The number of ether oxygens (including phenoxy) is 3. The highest BCUT2D eigenvalue weighted by Crippen LogP contribution is 2.39. The number of esters is 1. The molecule has 0 spiro atoms. The zero-order valence-electron chi connectivity index (χ0n) is 21.1. The summed E-state index contributed by atoms with van der Waals surface area (Å²) in [5.41, 5.74) is 3.76. The van der Waals surface area contributed by atoms with E-state index in [2.05, 4.69) is 5.32 Å². The molecule has 0 unspecified atom stereocenters. The third-order valence-electron chi connectivity index (χ3n) is 6.73. The van der Waals surface area contributed by atoms with Gasteiger partial charge in [0, 0.05) is 11.3 Å². The van der Waals surface area contributed by atoms with E-state index in [0.717, 1.165) is 23.3 Å². The van der Waals surface area contributed by atoms with Crippen LogP contribution in [-0.2, 0) is 14.3 Å². The van der Waals surface area contributed by atoms with Gasteiger partial charge in [0.15, 0.2) is 16.3 Å². The molecule has 10 heteroatoms. The zero-order valence-corrected chi connectivity index (χ0v) is 21.9. The molecule has 0 aliphatic carbocycles. The van der Waals surface area contributed by atoms with E-state index in [1.165, 1.54) is 4.57 Å². The average Bonchev–Trinajstić information content (AvgIpc) is 3.58. The molecule has 0 fully saturated rings. The largest absolute Gasteiger partial charge is 0.463 e. The van der Waals surface area contributed by atoms with Crippen molar-refractivity contribution in [2.24, 2.45) is 4.99 Å². The minimum absolute atomic E-state index is 0.0977. The molecule has 1 amide bonds. The molecule has 1 atom stereocenters. The van der Waals surface area contributed by atoms with Crippen molar-refractivity contribution in [2.75, 3.05) is 18.7 Å². The molecule has 0 saturated carbocycles. The molecule has 194 valence electrons. The molecule has 38 heavy (non-hydrogen) atoms. The quantitative estimate of drug-likeness (QED) is 0.508. The summed E-state index contributed by atoms with van der Waals surface area (Å²) in [6.07, 6.45) is 1.26. The van der Waals surface area contributed by atoms with E-state index in [1.807, 2.05) is 38.1 Å². The van der Waals surface area contributed by atoms with Gasteiger partial charge in [-0.15, -0.1) is 0 Å². The lowest BCUT2D eigenvalue weighted by Crippen LogP contribution is -2.40. The average molecular weight is 532 g/mol. The number of rotatable bonds is 5. The van der Waals surface area contributed by atoms with Crippen molar-refractivity contribution < 1.29 is 23.8 Å². The number of fused-ring (bicyclic) bond motifs is 3. The highest BCUT2D eigenvalue weighted by atomic mass is 32.1. The van der Waals surface area contributed by atoms with Crippen LogP contribution in [0.5, 0.6) is 11.5 Å². The predicted octanol–water partition coefficient (Wildman–Crippen LogP) is 2.94. The first-order valence-corrected chi connectivity index (χ1v) is 13.3.